The molecule has 3 nitrogen and oxygen atoms in total. The van der Waals surface area contributed by atoms with Crippen molar-refractivity contribution in [2.75, 3.05) is 23.9 Å². The number of nitriles is 1. The first-order valence-corrected chi connectivity index (χ1v) is 7.50. The molecule has 4 heteroatoms. The van der Waals surface area contributed by atoms with Gasteiger partial charge in [-0.15, -0.1) is 0 Å². The Morgan fingerprint density at radius 3 is 2.78 bits per heavy atom. The van der Waals surface area contributed by atoms with Gasteiger partial charge in [0.15, 0.2) is 0 Å². The lowest BCUT2D eigenvalue weighted by molar-refractivity contribution is 0.640. The molecule has 2 rings (SSSR count). The van der Waals surface area contributed by atoms with E-state index in [9.17, 15) is 0 Å². The van der Waals surface area contributed by atoms with Gasteiger partial charge in [-0.3, -0.25) is 0 Å². The Morgan fingerprint density at radius 1 is 1.44 bits per heavy atom. The van der Waals surface area contributed by atoms with E-state index in [0.29, 0.717) is 16.0 Å². The number of hydrogen-bond acceptors (Lipinski definition) is 4. The van der Waals surface area contributed by atoms with Crippen LogP contribution in [0.2, 0.25) is 0 Å². The van der Waals surface area contributed by atoms with Gasteiger partial charge in [0.1, 0.15) is 6.07 Å². The second-order valence-corrected chi connectivity index (χ2v) is 6.14. The average molecular weight is 261 g/mol. The summed E-state index contributed by atoms with van der Waals surface area (Å²) in [6.07, 6.45) is 7.34. The van der Waals surface area contributed by atoms with E-state index in [-0.39, 0.29) is 0 Å². The molecule has 0 unspecified atom stereocenters. The van der Waals surface area contributed by atoms with E-state index >= 15 is 0 Å². The molecule has 0 atom stereocenters. The molecule has 18 heavy (non-hydrogen) atoms. The SMILES string of the molecule is CSC1(CNc2ccc(N)cc2C#N)CCCC1. The molecule has 0 amide bonds. The highest BCUT2D eigenvalue weighted by molar-refractivity contribution is 8.00. The second-order valence-electron chi connectivity index (χ2n) is 4.86. The standard InChI is InChI=1S/C14H19N3S/c1-18-14(6-2-3-7-14)10-17-13-5-4-12(16)8-11(13)9-15/h4-5,8,17H,2-3,6-7,10,16H2,1H3. The third kappa shape index (κ3) is 2.73. The molecule has 1 aromatic rings. The summed E-state index contributed by atoms with van der Waals surface area (Å²) in [5.41, 5.74) is 7.85. The van der Waals surface area contributed by atoms with Crippen molar-refractivity contribution >= 4 is 23.1 Å². The number of benzene rings is 1. The van der Waals surface area contributed by atoms with Gasteiger partial charge >= 0.3 is 0 Å². The van der Waals surface area contributed by atoms with Crippen molar-refractivity contribution in [3.05, 3.63) is 23.8 Å². The maximum Gasteiger partial charge on any atom is 0.101 e. The lowest BCUT2D eigenvalue weighted by atomic mass is 10.1. The first kappa shape index (κ1) is 13.1. The van der Waals surface area contributed by atoms with Crippen LogP contribution in [0.3, 0.4) is 0 Å². The molecule has 1 aliphatic carbocycles. The highest BCUT2D eigenvalue weighted by atomic mass is 32.2. The van der Waals surface area contributed by atoms with Crippen LogP contribution in [0.25, 0.3) is 0 Å². The molecule has 1 aromatic carbocycles. The van der Waals surface area contributed by atoms with Crippen LogP contribution in [-0.4, -0.2) is 17.5 Å². The van der Waals surface area contributed by atoms with Gasteiger partial charge in [0.25, 0.3) is 0 Å². The third-order valence-electron chi connectivity index (χ3n) is 3.71. The summed E-state index contributed by atoms with van der Waals surface area (Å²) in [5, 5.41) is 12.5. The summed E-state index contributed by atoms with van der Waals surface area (Å²) in [5.74, 6) is 0. The molecular formula is C14H19N3S. The van der Waals surface area contributed by atoms with Crippen LogP contribution < -0.4 is 11.1 Å². The van der Waals surface area contributed by atoms with Crippen LogP contribution in [0.5, 0.6) is 0 Å². The van der Waals surface area contributed by atoms with E-state index in [1.54, 1.807) is 6.07 Å². The minimum atomic E-state index is 0.341. The molecule has 3 N–H and O–H groups in total. The lowest BCUT2D eigenvalue weighted by Crippen LogP contribution is -2.30. The maximum atomic E-state index is 9.11. The Labute approximate surface area is 113 Å². The van der Waals surface area contributed by atoms with Crippen molar-refractivity contribution in [1.82, 2.24) is 0 Å². The fourth-order valence-electron chi connectivity index (χ4n) is 2.54. The number of nitrogens with one attached hydrogen (secondary N) is 1. The van der Waals surface area contributed by atoms with Gasteiger partial charge in [0.05, 0.1) is 11.3 Å². The van der Waals surface area contributed by atoms with Gasteiger partial charge in [-0.25, -0.2) is 0 Å². The number of anilines is 2. The van der Waals surface area contributed by atoms with Crippen molar-refractivity contribution in [3.63, 3.8) is 0 Å². The number of thioether (sulfide) groups is 1. The van der Waals surface area contributed by atoms with E-state index < -0.39 is 0 Å². The molecule has 0 aliphatic heterocycles. The van der Waals surface area contributed by atoms with Gasteiger partial charge in [-0.05, 0) is 37.3 Å². The van der Waals surface area contributed by atoms with Gasteiger partial charge in [-0.2, -0.15) is 17.0 Å². The summed E-state index contributed by atoms with van der Waals surface area (Å²) >= 11 is 1.95. The zero-order chi connectivity index (χ0) is 13.0. The van der Waals surface area contributed by atoms with Crippen LogP contribution in [0.1, 0.15) is 31.2 Å². The topological polar surface area (TPSA) is 61.8 Å². The monoisotopic (exact) mass is 261 g/mol. The minimum absolute atomic E-state index is 0.341. The summed E-state index contributed by atoms with van der Waals surface area (Å²) in [6.45, 7) is 0.923. The van der Waals surface area contributed by atoms with Crippen LogP contribution >= 0.6 is 11.8 Å². The van der Waals surface area contributed by atoms with Crippen molar-refractivity contribution in [2.24, 2.45) is 0 Å². The fourth-order valence-corrected chi connectivity index (χ4v) is 3.45. The summed E-state index contributed by atoms with van der Waals surface area (Å²) in [4.78, 5) is 0. The zero-order valence-electron chi connectivity index (χ0n) is 10.7. The number of hydrogen-bond donors (Lipinski definition) is 2. The number of rotatable bonds is 4. The largest absolute Gasteiger partial charge is 0.399 e. The lowest BCUT2D eigenvalue weighted by Gasteiger charge is -2.27. The highest BCUT2D eigenvalue weighted by Crippen LogP contribution is 2.40. The van der Waals surface area contributed by atoms with Crippen molar-refractivity contribution in [1.29, 1.82) is 5.26 Å². The third-order valence-corrected chi connectivity index (χ3v) is 5.13. The summed E-state index contributed by atoms with van der Waals surface area (Å²) in [7, 11) is 0. The number of nitrogens with zero attached hydrogens (tertiary/aromatic N) is 1. The first-order valence-electron chi connectivity index (χ1n) is 6.28. The quantitative estimate of drug-likeness (QED) is 0.817. The van der Waals surface area contributed by atoms with E-state index in [4.69, 9.17) is 11.0 Å². The van der Waals surface area contributed by atoms with E-state index in [1.807, 2.05) is 23.9 Å². The number of nitrogen functional groups attached to an aromatic ring is 1. The van der Waals surface area contributed by atoms with Crippen molar-refractivity contribution in [2.45, 2.75) is 30.4 Å². The summed E-state index contributed by atoms with van der Waals surface area (Å²) < 4.78 is 0.341. The second kappa shape index (κ2) is 5.53. The highest BCUT2D eigenvalue weighted by Gasteiger charge is 2.32. The Balaban J connectivity index is 2.08. The van der Waals surface area contributed by atoms with E-state index in [0.717, 1.165) is 12.2 Å². The Bertz CT molecular complexity index is 459. The Hall–Kier alpha value is -1.34. The molecule has 1 saturated carbocycles. The average Bonchev–Trinajstić information content (AvgIpc) is 2.86. The maximum absolute atomic E-state index is 9.11. The molecule has 0 aromatic heterocycles. The van der Waals surface area contributed by atoms with Gasteiger partial charge in [0, 0.05) is 17.0 Å². The van der Waals surface area contributed by atoms with Gasteiger partial charge in [-0.1, -0.05) is 12.8 Å². The molecule has 0 bridgehead atoms. The molecule has 0 radical (unpaired) electrons. The fraction of sp³-hybridized carbons (Fsp3) is 0.500. The summed E-state index contributed by atoms with van der Waals surface area (Å²) in [6, 6.07) is 7.65. The van der Waals surface area contributed by atoms with Crippen molar-refractivity contribution in [3.8, 4) is 6.07 Å². The molecule has 1 fully saturated rings. The molecule has 0 heterocycles. The molecular weight excluding hydrogens is 242 g/mol. The molecule has 0 saturated heterocycles. The molecule has 0 spiro atoms. The zero-order valence-corrected chi connectivity index (χ0v) is 11.5. The predicted molar refractivity (Wildman–Crippen MR) is 78.8 cm³/mol. The van der Waals surface area contributed by atoms with Crippen LogP contribution in [0, 0.1) is 11.3 Å². The van der Waals surface area contributed by atoms with Gasteiger partial charge in [0.2, 0.25) is 0 Å². The first-order chi connectivity index (χ1) is 8.69. The van der Waals surface area contributed by atoms with Crippen LogP contribution in [0.4, 0.5) is 11.4 Å². The Kier molecular flexibility index (Phi) is 4.03. The van der Waals surface area contributed by atoms with E-state index in [2.05, 4.69) is 17.6 Å². The van der Waals surface area contributed by atoms with Crippen LogP contribution in [-0.2, 0) is 0 Å². The van der Waals surface area contributed by atoms with Gasteiger partial charge < -0.3 is 11.1 Å². The van der Waals surface area contributed by atoms with Crippen molar-refractivity contribution < 1.29 is 0 Å². The van der Waals surface area contributed by atoms with Crippen LogP contribution in [0.15, 0.2) is 18.2 Å². The Morgan fingerprint density at radius 2 is 2.17 bits per heavy atom. The molecule has 1 aliphatic rings. The normalized spacial score (nSPS) is 17.3. The molecule has 96 valence electrons. The van der Waals surface area contributed by atoms with E-state index in [1.165, 1.54) is 25.7 Å². The number of nitrogens with two attached hydrogens (primary N) is 1. The minimum Gasteiger partial charge on any atom is -0.399 e. The predicted octanol–water partition coefficient (Wildman–Crippen LogP) is 3.23. The smallest absolute Gasteiger partial charge is 0.101 e.